The summed E-state index contributed by atoms with van der Waals surface area (Å²) in [5.41, 5.74) is 9.26. The van der Waals surface area contributed by atoms with Gasteiger partial charge in [-0.25, -0.2) is 0 Å². The zero-order chi connectivity index (χ0) is 14.7. The molecule has 1 aromatic carbocycles. The number of aryl methyl sites for hydroxylation is 1. The summed E-state index contributed by atoms with van der Waals surface area (Å²) in [5.74, 6) is 1.56. The lowest BCUT2D eigenvalue weighted by molar-refractivity contribution is 0.164. The second kappa shape index (κ2) is 6.93. The van der Waals surface area contributed by atoms with Crippen LogP contribution in [0.2, 0.25) is 0 Å². The maximum absolute atomic E-state index is 6.34. The van der Waals surface area contributed by atoms with Gasteiger partial charge in [0.25, 0.3) is 0 Å². The minimum Gasteiger partial charge on any atom is -0.327 e. The number of piperidine rings is 1. The van der Waals surface area contributed by atoms with E-state index in [9.17, 15) is 0 Å². The highest BCUT2D eigenvalue weighted by molar-refractivity contribution is 5.26. The molecule has 0 radical (unpaired) electrons. The highest BCUT2D eigenvalue weighted by Crippen LogP contribution is 2.30. The van der Waals surface area contributed by atoms with Crippen LogP contribution in [0.3, 0.4) is 0 Å². The Morgan fingerprint density at radius 1 is 1.10 bits per heavy atom. The third kappa shape index (κ3) is 3.87. The fourth-order valence-electron chi connectivity index (χ4n) is 4.21. The number of rotatable bonds is 4. The minimum absolute atomic E-state index is 0.344. The van der Waals surface area contributed by atoms with Crippen molar-refractivity contribution in [3.8, 4) is 0 Å². The normalized spacial score (nSPS) is 28.1. The molecule has 2 atom stereocenters. The van der Waals surface area contributed by atoms with Gasteiger partial charge >= 0.3 is 0 Å². The van der Waals surface area contributed by atoms with E-state index < -0.39 is 0 Å². The number of hydrogen-bond donors (Lipinski definition) is 1. The van der Waals surface area contributed by atoms with Crippen LogP contribution >= 0.6 is 0 Å². The third-order valence-corrected chi connectivity index (χ3v) is 5.41. The molecule has 2 aliphatic rings. The molecule has 1 aliphatic carbocycles. The first-order chi connectivity index (χ1) is 10.2. The largest absolute Gasteiger partial charge is 0.327 e. The molecule has 2 nitrogen and oxygen atoms in total. The van der Waals surface area contributed by atoms with Crippen LogP contribution in [-0.2, 0) is 6.42 Å². The maximum Gasteiger partial charge on any atom is 0.0174 e. The molecule has 0 spiro atoms. The summed E-state index contributed by atoms with van der Waals surface area (Å²) in [6, 6.07) is 9.58. The molecule has 0 bridgehead atoms. The lowest BCUT2D eigenvalue weighted by Crippen LogP contribution is -2.47. The third-order valence-electron chi connectivity index (χ3n) is 5.41. The number of nitrogens with zero attached hydrogens (tertiary/aromatic N) is 1. The van der Waals surface area contributed by atoms with E-state index >= 15 is 0 Å². The van der Waals surface area contributed by atoms with Gasteiger partial charge in [-0.3, -0.25) is 0 Å². The Morgan fingerprint density at radius 2 is 1.81 bits per heavy atom. The molecular formula is C19H30N2. The van der Waals surface area contributed by atoms with E-state index in [1.54, 1.807) is 0 Å². The predicted octanol–water partition coefficient (Wildman–Crippen LogP) is 3.56. The summed E-state index contributed by atoms with van der Waals surface area (Å²) in [4.78, 5) is 2.64. The number of likely N-dealkylation sites (tertiary alicyclic amines) is 1. The van der Waals surface area contributed by atoms with E-state index in [0.29, 0.717) is 12.0 Å². The molecule has 1 heterocycles. The molecule has 2 fully saturated rings. The van der Waals surface area contributed by atoms with Crippen LogP contribution in [0.15, 0.2) is 24.3 Å². The Labute approximate surface area is 129 Å². The number of hydrogen-bond acceptors (Lipinski definition) is 2. The molecule has 1 aromatic rings. The van der Waals surface area contributed by atoms with E-state index in [0.717, 1.165) is 25.3 Å². The van der Waals surface area contributed by atoms with Crippen molar-refractivity contribution < 1.29 is 0 Å². The Balaban J connectivity index is 1.63. The van der Waals surface area contributed by atoms with E-state index in [2.05, 4.69) is 36.1 Å². The summed E-state index contributed by atoms with van der Waals surface area (Å²) >= 11 is 0. The Bertz CT molecular complexity index is 433. The van der Waals surface area contributed by atoms with Crippen LogP contribution in [0, 0.1) is 5.92 Å². The van der Waals surface area contributed by atoms with Crippen molar-refractivity contribution in [3.63, 3.8) is 0 Å². The molecule has 0 aromatic heterocycles. The molecule has 2 heteroatoms. The van der Waals surface area contributed by atoms with Gasteiger partial charge in [0.05, 0.1) is 0 Å². The monoisotopic (exact) mass is 286 g/mol. The fourth-order valence-corrected chi connectivity index (χ4v) is 4.21. The SMILES string of the molecule is CCc1ccc(C2CC(N)CN(CC3CCCC3)C2)cc1. The Morgan fingerprint density at radius 3 is 2.48 bits per heavy atom. The molecule has 1 aliphatic heterocycles. The molecule has 21 heavy (non-hydrogen) atoms. The van der Waals surface area contributed by atoms with Gasteiger partial charge in [0.15, 0.2) is 0 Å². The molecule has 0 amide bonds. The summed E-state index contributed by atoms with van der Waals surface area (Å²) in [6.45, 7) is 5.79. The second-order valence-corrected chi connectivity index (χ2v) is 7.16. The average molecular weight is 286 g/mol. The Hall–Kier alpha value is -0.860. The van der Waals surface area contributed by atoms with Gasteiger partial charge in [-0.2, -0.15) is 0 Å². The smallest absolute Gasteiger partial charge is 0.0174 e. The number of benzene rings is 1. The van der Waals surface area contributed by atoms with Gasteiger partial charge < -0.3 is 10.6 Å². The average Bonchev–Trinajstić information content (AvgIpc) is 2.99. The summed E-state index contributed by atoms with van der Waals surface area (Å²) in [5, 5.41) is 0. The summed E-state index contributed by atoms with van der Waals surface area (Å²) in [6.07, 6.45) is 8.01. The topological polar surface area (TPSA) is 29.3 Å². The van der Waals surface area contributed by atoms with Crippen molar-refractivity contribution >= 4 is 0 Å². The van der Waals surface area contributed by atoms with Crippen molar-refractivity contribution in [1.82, 2.24) is 4.90 Å². The van der Waals surface area contributed by atoms with Crippen molar-refractivity contribution in [2.75, 3.05) is 19.6 Å². The Kier molecular flexibility index (Phi) is 4.97. The maximum atomic E-state index is 6.34. The van der Waals surface area contributed by atoms with E-state index in [1.165, 1.54) is 49.9 Å². The van der Waals surface area contributed by atoms with Gasteiger partial charge in [-0.05, 0) is 48.6 Å². The van der Waals surface area contributed by atoms with Crippen molar-refractivity contribution in [1.29, 1.82) is 0 Å². The number of nitrogens with two attached hydrogens (primary N) is 1. The minimum atomic E-state index is 0.344. The van der Waals surface area contributed by atoms with Gasteiger partial charge in [0.2, 0.25) is 0 Å². The molecule has 1 saturated carbocycles. The lowest BCUT2D eigenvalue weighted by atomic mass is 9.87. The molecule has 2 unspecified atom stereocenters. The highest BCUT2D eigenvalue weighted by atomic mass is 15.2. The fraction of sp³-hybridized carbons (Fsp3) is 0.684. The first-order valence-electron chi connectivity index (χ1n) is 8.81. The van der Waals surface area contributed by atoms with Crippen molar-refractivity contribution in [2.24, 2.45) is 11.7 Å². The van der Waals surface area contributed by atoms with Crippen LogP contribution in [0.4, 0.5) is 0 Å². The standard InChI is InChI=1S/C19H30N2/c1-2-15-7-9-17(10-8-15)18-11-19(20)14-21(13-18)12-16-5-3-4-6-16/h7-10,16,18-19H,2-6,11-14,20H2,1H3. The van der Waals surface area contributed by atoms with Crippen molar-refractivity contribution in [3.05, 3.63) is 35.4 Å². The highest BCUT2D eigenvalue weighted by Gasteiger charge is 2.28. The molecular weight excluding hydrogens is 256 g/mol. The first-order valence-corrected chi connectivity index (χ1v) is 8.81. The zero-order valence-corrected chi connectivity index (χ0v) is 13.4. The second-order valence-electron chi connectivity index (χ2n) is 7.16. The van der Waals surface area contributed by atoms with Gasteiger partial charge in [0, 0.05) is 25.7 Å². The van der Waals surface area contributed by atoms with Crippen LogP contribution in [-0.4, -0.2) is 30.6 Å². The van der Waals surface area contributed by atoms with Crippen molar-refractivity contribution in [2.45, 2.75) is 57.4 Å². The zero-order valence-electron chi connectivity index (χ0n) is 13.4. The summed E-state index contributed by atoms with van der Waals surface area (Å²) in [7, 11) is 0. The van der Waals surface area contributed by atoms with Gasteiger partial charge in [-0.1, -0.05) is 44.0 Å². The van der Waals surface area contributed by atoms with Crippen LogP contribution in [0.25, 0.3) is 0 Å². The predicted molar refractivity (Wildman–Crippen MR) is 89.6 cm³/mol. The molecule has 2 N–H and O–H groups in total. The van der Waals surface area contributed by atoms with E-state index in [-0.39, 0.29) is 0 Å². The van der Waals surface area contributed by atoms with E-state index in [1.807, 2.05) is 0 Å². The molecule has 116 valence electrons. The summed E-state index contributed by atoms with van der Waals surface area (Å²) < 4.78 is 0. The van der Waals surface area contributed by atoms with Gasteiger partial charge in [-0.15, -0.1) is 0 Å². The van der Waals surface area contributed by atoms with Gasteiger partial charge in [0.1, 0.15) is 0 Å². The molecule has 3 rings (SSSR count). The first kappa shape index (κ1) is 15.1. The van der Waals surface area contributed by atoms with Crippen LogP contribution in [0.1, 0.15) is 56.1 Å². The van der Waals surface area contributed by atoms with E-state index in [4.69, 9.17) is 5.73 Å². The molecule has 1 saturated heterocycles. The quantitative estimate of drug-likeness (QED) is 0.917. The van der Waals surface area contributed by atoms with Crippen LogP contribution < -0.4 is 5.73 Å². The van der Waals surface area contributed by atoms with Crippen LogP contribution in [0.5, 0.6) is 0 Å². The lowest BCUT2D eigenvalue weighted by Gasteiger charge is -2.38.